The molecule has 0 aliphatic rings. The molecular weight excluding hydrogens is 222 g/mol. The van der Waals surface area contributed by atoms with Crippen LogP contribution in [-0.2, 0) is 0 Å². The van der Waals surface area contributed by atoms with E-state index in [1.807, 2.05) is 38.1 Å². The predicted octanol–water partition coefficient (Wildman–Crippen LogP) is 4.52. The first-order valence-corrected chi connectivity index (χ1v) is 5.99. The van der Waals surface area contributed by atoms with Crippen LogP contribution in [0.4, 0.5) is 5.69 Å². The fourth-order valence-corrected chi connectivity index (χ4v) is 1.83. The number of hydrogen-bond acceptors (Lipinski definition) is 2. The maximum atomic E-state index is 5.53. The second-order valence-corrected chi connectivity index (χ2v) is 4.32. The first-order chi connectivity index (χ1) is 8.70. The van der Waals surface area contributed by atoms with E-state index in [1.54, 1.807) is 6.08 Å². The molecule has 0 spiro atoms. The minimum atomic E-state index is 0.525. The van der Waals surface area contributed by atoms with Crippen molar-refractivity contribution in [2.45, 2.75) is 13.8 Å². The SMILES string of the molecule is C=CCOc1ccc2c(N=C(C)C)cccc2c1. The zero-order valence-electron chi connectivity index (χ0n) is 10.8. The summed E-state index contributed by atoms with van der Waals surface area (Å²) in [6.07, 6.45) is 1.74. The molecule has 0 bridgehead atoms. The number of fused-ring (bicyclic) bond motifs is 1. The first-order valence-electron chi connectivity index (χ1n) is 5.99. The van der Waals surface area contributed by atoms with E-state index in [1.165, 1.54) is 0 Å². The fraction of sp³-hybridized carbons (Fsp3) is 0.188. The molecular formula is C16H17NO. The minimum Gasteiger partial charge on any atom is -0.490 e. The van der Waals surface area contributed by atoms with Crippen molar-refractivity contribution in [1.82, 2.24) is 0 Å². The summed E-state index contributed by atoms with van der Waals surface area (Å²) in [6, 6.07) is 12.2. The van der Waals surface area contributed by atoms with E-state index in [0.29, 0.717) is 6.61 Å². The highest BCUT2D eigenvalue weighted by molar-refractivity contribution is 5.96. The van der Waals surface area contributed by atoms with Crippen LogP contribution in [-0.4, -0.2) is 12.3 Å². The maximum Gasteiger partial charge on any atom is 0.120 e. The Labute approximate surface area is 108 Å². The molecule has 0 heterocycles. The normalized spacial score (nSPS) is 10.1. The summed E-state index contributed by atoms with van der Waals surface area (Å²) in [4.78, 5) is 4.54. The van der Waals surface area contributed by atoms with Crippen LogP contribution in [0.25, 0.3) is 10.8 Å². The van der Waals surface area contributed by atoms with E-state index in [2.05, 4.69) is 23.7 Å². The van der Waals surface area contributed by atoms with Crippen LogP contribution in [0, 0.1) is 0 Å². The van der Waals surface area contributed by atoms with Gasteiger partial charge in [0.05, 0.1) is 5.69 Å². The molecule has 2 nitrogen and oxygen atoms in total. The number of rotatable bonds is 4. The van der Waals surface area contributed by atoms with Crippen molar-refractivity contribution in [3.63, 3.8) is 0 Å². The summed E-state index contributed by atoms with van der Waals surface area (Å²) < 4.78 is 5.53. The lowest BCUT2D eigenvalue weighted by Gasteiger charge is -2.06. The molecule has 0 aliphatic carbocycles. The number of aliphatic imine (C=N–C) groups is 1. The molecule has 2 heteroatoms. The Balaban J connectivity index is 2.46. The van der Waals surface area contributed by atoms with Crippen molar-refractivity contribution < 1.29 is 4.74 Å². The Morgan fingerprint density at radius 1 is 1.28 bits per heavy atom. The molecule has 2 aromatic carbocycles. The van der Waals surface area contributed by atoms with Gasteiger partial charge in [-0.05, 0) is 43.5 Å². The summed E-state index contributed by atoms with van der Waals surface area (Å²) in [6.45, 7) is 8.17. The van der Waals surface area contributed by atoms with Gasteiger partial charge in [-0.2, -0.15) is 0 Å². The lowest BCUT2D eigenvalue weighted by atomic mass is 10.1. The molecule has 0 atom stereocenters. The predicted molar refractivity (Wildman–Crippen MR) is 78.1 cm³/mol. The summed E-state index contributed by atoms with van der Waals surface area (Å²) in [5.74, 6) is 0.858. The van der Waals surface area contributed by atoms with Crippen LogP contribution in [0.2, 0.25) is 0 Å². The van der Waals surface area contributed by atoms with Crippen molar-refractivity contribution in [2.24, 2.45) is 4.99 Å². The quantitative estimate of drug-likeness (QED) is 0.568. The number of benzene rings is 2. The monoisotopic (exact) mass is 239 g/mol. The summed E-state index contributed by atoms with van der Waals surface area (Å²) in [5, 5.41) is 2.28. The molecule has 0 radical (unpaired) electrons. The average Bonchev–Trinajstić information content (AvgIpc) is 2.35. The van der Waals surface area contributed by atoms with Crippen molar-refractivity contribution in [1.29, 1.82) is 0 Å². The Morgan fingerprint density at radius 2 is 2.11 bits per heavy atom. The highest BCUT2D eigenvalue weighted by Gasteiger charge is 2.01. The molecule has 0 aliphatic heterocycles. The van der Waals surface area contributed by atoms with Crippen molar-refractivity contribution in [2.75, 3.05) is 6.61 Å². The molecule has 0 N–H and O–H groups in total. The average molecular weight is 239 g/mol. The van der Waals surface area contributed by atoms with Gasteiger partial charge in [-0.1, -0.05) is 24.8 Å². The molecule has 2 aromatic rings. The fourth-order valence-electron chi connectivity index (χ4n) is 1.83. The van der Waals surface area contributed by atoms with Crippen molar-refractivity contribution in [3.05, 3.63) is 49.1 Å². The van der Waals surface area contributed by atoms with Crippen molar-refractivity contribution >= 4 is 22.2 Å². The smallest absolute Gasteiger partial charge is 0.120 e. The van der Waals surface area contributed by atoms with Crippen molar-refractivity contribution in [3.8, 4) is 5.75 Å². The zero-order chi connectivity index (χ0) is 13.0. The second kappa shape index (κ2) is 5.50. The van der Waals surface area contributed by atoms with E-state index in [9.17, 15) is 0 Å². The van der Waals surface area contributed by atoms with E-state index >= 15 is 0 Å². The topological polar surface area (TPSA) is 21.6 Å². The molecule has 0 saturated heterocycles. The van der Waals surface area contributed by atoms with E-state index in [0.717, 1.165) is 27.9 Å². The van der Waals surface area contributed by atoms with Gasteiger partial charge < -0.3 is 4.74 Å². The van der Waals surface area contributed by atoms with Gasteiger partial charge in [0.15, 0.2) is 0 Å². The minimum absolute atomic E-state index is 0.525. The van der Waals surface area contributed by atoms with Crippen LogP contribution in [0.3, 0.4) is 0 Å². The van der Waals surface area contributed by atoms with Gasteiger partial charge >= 0.3 is 0 Å². The standard InChI is InChI=1S/C16H17NO/c1-4-10-18-14-8-9-15-13(11-14)6-5-7-16(15)17-12(2)3/h4-9,11H,1,10H2,2-3H3. The van der Waals surface area contributed by atoms with Gasteiger partial charge in [-0.25, -0.2) is 0 Å². The van der Waals surface area contributed by atoms with Gasteiger partial charge in [0.25, 0.3) is 0 Å². The summed E-state index contributed by atoms with van der Waals surface area (Å²) >= 11 is 0. The molecule has 0 aromatic heterocycles. The van der Waals surface area contributed by atoms with Gasteiger partial charge in [0, 0.05) is 11.1 Å². The highest BCUT2D eigenvalue weighted by Crippen LogP contribution is 2.29. The van der Waals surface area contributed by atoms with E-state index in [-0.39, 0.29) is 0 Å². The van der Waals surface area contributed by atoms with Gasteiger partial charge in [0.1, 0.15) is 12.4 Å². The lowest BCUT2D eigenvalue weighted by molar-refractivity contribution is 0.364. The lowest BCUT2D eigenvalue weighted by Crippen LogP contribution is -1.92. The maximum absolute atomic E-state index is 5.53. The Morgan fingerprint density at radius 3 is 2.83 bits per heavy atom. The molecule has 2 rings (SSSR count). The number of hydrogen-bond donors (Lipinski definition) is 0. The number of nitrogens with zero attached hydrogens (tertiary/aromatic N) is 1. The molecule has 18 heavy (non-hydrogen) atoms. The third kappa shape index (κ3) is 2.77. The summed E-state index contributed by atoms with van der Waals surface area (Å²) in [7, 11) is 0. The largest absolute Gasteiger partial charge is 0.490 e. The molecule has 0 saturated carbocycles. The van der Waals surface area contributed by atoms with Crippen LogP contribution >= 0.6 is 0 Å². The summed E-state index contributed by atoms with van der Waals surface area (Å²) in [5.41, 5.74) is 2.05. The molecule has 0 fully saturated rings. The zero-order valence-corrected chi connectivity index (χ0v) is 10.8. The third-order valence-electron chi connectivity index (χ3n) is 2.54. The van der Waals surface area contributed by atoms with Crippen LogP contribution in [0.15, 0.2) is 54.0 Å². The van der Waals surface area contributed by atoms with Gasteiger partial charge in [-0.3, -0.25) is 4.99 Å². The van der Waals surface area contributed by atoms with E-state index in [4.69, 9.17) is 4.74 Å². The molecule has 92 valence electrons. The Bertz CT molecular complexity index is 595. The Kier molecular flexibility index (Phi) is 3.78. The molecule has 0 amide bonds. The number of ether oxygens (including phenoxy) is 1. The van der Waals surface area contributed by atoms with Crippen LogP contribution in [0.5, 0.6) is 5.75 Å². The highest BCUT2D eigenvalue weighted by atomic mass is 16.5. The molecule has 0 unspecified atom stereocenters. The first kappa shape index (κ1) is 12.4. The van der Waals surface area contributed by atoms with Gasteiger partial charge in [-0.15, -0.1) is 0 Å². The van der Waals surface area contributed by atoms with Gasteiger partial charge in [0.2, 0.25) is 0 Å². The Hall–Kier alpha value is -2.09. The third-order valence-corrected chi connectivity index (χ3v) is 2.54. The van der Waals surface area contributed by atoms with E-state index < -0.39 is 0 Å². The van der Waals surface area contributed by atoms with Crippen LogP contribution < -0.4 is 4.74 Å². The second-order valence-electron chi connectivity index (χ2n) is 4.32. The van der Waals surface area contributed by atoms with Crippen LogP contribution in [0.1, 0.15) is 13.8 Å².